The molecule has 2 atom stereocenters. The van der Waals surface area contributed by atoms with Gasteiger partial charge in [-0.05, 0) is 32.9 Å². The van der Waals surface area contributed by atoms with Crippen LogP contribution in [0.1, 0.15) is 24.6 Å². The van der Waals surface area contributed by atoms with E-state index < -0.39 is 0 Å². The van der Waals surface area contributed by atoms with Gasteiger partial charge in [0.25, 0.3) is 0 Å². The number of ether oxygens (including phenoxy) is 2. The first-order valence-corrected chi connectivity index (χ1v) is 7.44. The average Bonchev–Trinajstić information content (AvgIpc) is 3.11. The standard InChI is InChI=1S/C14H27N5O2/c1-18(2)5-6-19-14(13(20-3)9-16-19)12(17-15)8-11-4-7-21-10-11/h9,11-12,17H,4-8,10,15H2,1-3H3. The monoisotopic (exact) mass is 297 g/mol. The maximum Gasteiger partial charge on any atom is 0.161 e. The number of nitrogens with zero attached hydrogens (tertiary/aromatic N) is 3. The van der Waals surface area contributed by atoms with Crippen molar-refractivity contribution in [1.29, 1.82) is 0 Å². The molecule has 0 radical (unpaired) electrons. The minimum Gasteiger partial charge on any atom is -0.493 e. The number of rotatable bonds is 8. The molecule has 0 aliphatic carbocycles. The van der Waals surface area contributed by atoms with Crippen LogP contribution in [0.15, 0.2) is 6.20 Å². The molecule has 1 aromatic rings. The van der Waals surface area contributed by atoms with Gasteiger partial charge in [-0.15, -0.1) is 0 Å². The van der Waals surface area contributed by atoms with E-state index in [0.717, 1.165) is 50.6 Å². The summed E-state index contributed by atoms with van der Waals surface area (Å²) in [5.74, 6) is 7.12. The Balaban J connectivity index is 2.14. The lowest BCUT2D eigenvalue weighted by atomic mass is 9.97. The first-order valence-electron chi connectivity index (χ1n) is 7.44. The Bertz CT molecular complexity index is 429. The van der Waals surface area contributed by atoms with Gasteiger partial charge in [-0.3, -0.25) is 16.0 Å². The van der Waals surface area contributed by atoms with Crippen molar-refractivity contribution in [2.75, 3.05) is 41.0 Å². The third-order valence-electron chi connectivity index (χ3n) is 3.95. The quantitative estimate of drug-likeness (QED) is 0.534. The Labute approximate surface area is 126 Å². The highest BCUT2D eigenvalue weighted by Crippen LogP contribution is 2.31. The minimum absolute atomic E-state index is 0.0244. The van der Waals surface area contributed by atoms with E-state index in [1.54, 1.807) is 13.3 Å². The second-order valence-corrected chi connectivity index (χ2v) is 5.81. The van der Waals surface area contributed by atoms with Gasteiger partial charge in [-0.2, -0.15) is 5.10 Å². The third kappa shape index (κ3) is 4.16. The molecule has 3 N–H and O–H groups in total. The zero-order valence-corrected chi connectivity index (χ0v) is 13.2. The Hall–Kier alpha value is -1.15. The number of nitrogens with two attached hydrogens (primary N) is 1. The van der Waals surface area contributed by atoms with Crippen LogP contribution >= 0.6 is 0 Å². The topological polar surface area (TPSA) is 77.6 Å². The van der Waals surface area contributed by atoms with Crippen LogP contribution in [0.4, 0.5) is 0 Å². The van der Waals surface area contributed by atoms with Crippen LogP contribution in [0.5, 0.6) is 5.75 Å². The zero-order valence-electron chi connectivity index (χ0n) is 13.2. The predicted molar refractivity (Wildman–Crippen MR) is 80.9 cm³/mol. The van der Waals surface area contributed by atoms with E-state index in [1.165, 1.54) is 0 Å². The lowest BCUT2D eigenvalue weighted by Gasteiger charge is -2.22. The number of hydrogen-bond acceptors (Lipinski definition) is 6. The number of nitrogens with one attached hydrogen (secondary N) is 1. The maximum atomic E-state index is 5.79. The Morgan fingerprint density at radius 3 is 3.00 bits per heavy atom. The summed E-state index contributed by atoms with van der Waals surface area (Å²) in [6.07, 6.45) is 3.79. The highest BCUT2D eigenvalue weighted by Gasteiger charge is 2.26. The number of hydrazine groups is 1. The molecule has 1 aliphatic heterocycles. The van der Waals surface area contributed by atoms with Crippen molar-refractivity contribution >= 4 is 0 Å². The summed E-state index contributed by atoms with van der Waals surface area (Å²) >= 11 is 0. The summed E-state index contributed by atoms with van der Waals surface area (Å²) in [7, 11) is 5.77. The van der Waals surface area contributed by atoms with E-state index in [2.05, 4.69) is 29.5 Å². The fourth-order valence-electron chi connectivity index (χ4n) is 2.72. The lowest BCUT2D eigenvalue weighted by Crippen LogP contribution is -2.32. The largest absolute Gasteiger partial charge is 0.493 e. The van der Waals surface area contributed by atoms with Gasteiger partial charge in [0.1, 0.15) is 0 Å². The maximum absolute atomic E-state index is 5.79. The molecular weight excluding hydrogens is 270 g/mol. The van der Waals surface area contributed by atoms with E-state index >= 15 is 0 Å². The summed E-state index contributed by atoms with van der Waals surface area (Å²) in [6, 6.07) is 0.0244. The van der Waals surface area contributed by atoms with Crippen LogP contribution in [0.25, 0.3) is 0 Å². The van der Waals surface area contributed by atoms with E-state index in [0.29, 0.717) is 5.92 Å². The summed E-state index contributed by atoms with van der Waals surface area (Å²) in [5.41, 5.74) is 3.95. The van der Waals surface area contributed by atoms with Crippen molar-refractivity contribution in [2.45, 2.75) is 25.4 Å². The molecule has 7 heteroatoms. The van der Waals surface area contributed by atoms with Crippen LogP contribution in [0.3, 0.4) is 0 Å². The molecule has 7 nitrogen and oxygen atoms in total. The summed E-state index contributed by atoms with van der Waals surface area (Å²) < 4.78 is 12.9. The predicted octanol–water partition coefficient (Wildman–Crippen LogP) is 0.384. The van der Waals surface area contributed by atoms with Crippen molar-refractivity contribution in [2.24, 2.45) is 11.8 Å². The molecule has 1 fully saturated rings. The SMILES string of the molecule is COc1cnn(CCN(C)C)c1C(CC1CCOC1)NN. The molecule has 2 heterocycles. The van der Waals surface area contributed by atoms with Gasteiger partial charge < -0.3 is 14.4 Å². The first-order chi connectivity index (χ1) is 10.2. The molecule has 0 spiro atoms. The molecule has 2 rings (SSSR count). The van der Waals surface area contributed by atoms with Crippen molar-refractivity contribution < 1.29 is 9.47 Å². The van der Waals surface area contributed by atoms with Gasteiger partial charge in [0, 0.05) is 19.8 Å². The Kier molecular flexibility index (Phi) is 5.98. The van der Waals surface area contributed by atoms with E-state index in [9.17, 15) is 0 Å². The van der Waals surface area contributed by atoms with Crippen molar-refractivity contribution in [3.05, 3.63) is 11.9 Å². The molecule has 2 unspecified atom stereocenters. The highest BCUT2D eigenvalue weighted by molar-refractivity contribution is 5.28. The van der Waals surface area contributed by atoms with Crippen molar-refractivity contribution in [3.8, 4) is 5.75 Å². The third-order valence-corrected chi connectivity index (χ3v) is 3.95. The van der Waals surface area contributed by atoms with E-state index in [-0.39, 0.29) is 6.04 Å². The van der Waals surface area contributed by atoms with Crippen molar-refractivity contribution in [1.82, 2.24) is 20.1 Å². The summed E-state index contributed by atoms with van der Waals surface area (Å²) in [5, 5.41) is 4.44. The molecule has 1 saturated heterocycles. The summed E-state index contributed by atoms with van der Waals surface area (Å²) in [6.45, 7) is 3.39. The molecule has 1 aromatic heterocycles. The smallest absolute Gasteiger partial charge is 0.161 e. The Morgan fingerprint density at radius 2 is 2.43 bits per heavy atom. The number of aromatic nitrogens is 2. The van der Waals surface area contributed by atoms with Crippen LogP contribution in [0, 0.1) is 5.92 Å². The molecule has 1 aliphatic rings. The van der Waals surface area contributed by atoms with Gasteiger partial charge in [-0.25, -0.2) is 0 Å². The Morgan fingerprint density at radius 1 is 1.62 bits per heavy atom. The van der Waals surface area contributed by atoms with Crippen LogP contribution < -0.4 is 16.0 Å². The number of hydrogen-bond donors (Lipinski definition) is 2. The highest BCUT2D eigenvalue weighted by atomic mass is 16.5. The fourth-order valence-corrected chi connectivity index (χ4v) is 2.72. The van der Waals surface area contributed by atoms with Crippen LogP contribution in [-0.2, 0) is 11.3 Å². The van der Waals surface area contributed by atoms with Crippen LogP contribution in [-0.4, -0.2) is 55.6 Å². The van der Waals surface area contributed by atoms with Crippen molar-refractivity contribution in [3.63, 3.8) is 0 Å². The lowest BCUT2D eigenvalue weighted by molar-refractivity contribution is 0.180. The summed E-state index contributed by atoms with van der Waals surface area (Å²) in [4.78, 5) is 2.13. The fraction of sp³-hybridized carbons (Fsp3) is 0.786. The molecule has 0 amide bonds. The number of methoxy groups -OCH3 is 1. The number of likely N-dealkylation sites (N-methyl/N-ethyl adjacent to an activating group) is 1. The van der Waals surface area contributed by atoms with Gasteiger partial charge in [0.15, 0.2) is 5.75 Å². The van der Waals surface area contributed by atoms with Gasteiger partial charge in [0.05, 0.1) is 31.6 Å². The molecular formula is C14H27N5O2. The second-order valence-electron chi connectivity index (χ2n) is 5.81. The van der Waals surface area contributed by atoms with Gasteiger partial charge >= 0.3 is 0 Å². The van der Waals surface area contributed by atoms with Gasteiger partial charge in [-0.1, -0.05) is 0 Å². The minimum atomic E-state index is 0.0244. The second kappa shape index (κ2) is 7.74. The van der Waals surface area contributed by atoms with Gasteiger partial charge in [0.2, 0.25) is 0 Å². The van der Waals surface area contributed by atoms with Crippen LogP contribution in [0.2, 0.25) is 0 Å². The van der Waals surface area contributed by atoms with E-state index in [4.69, 9.17) is 15.3 Å². The molecule has 0 bridgehead atoms. The zero-order chi connectivity index (χ0) is 15.2. The first kappa shape index (κ1) is 16.2. The molecule has 0 aromatic carbocycles. The van der Waals surface area contributed by atoms with E-state index in [1.807, 2.05) is 4.68 Å². The normalized spacial score (nSPS) is 20.1. The molecule has 120 valence electrons. The molecule has 21 heavy (non-hydrogen) atoms. The average molecular weight is 297 g/mol. The molecule has 0 saturated carbocycles.